The van der Waals surface area contributed by atoms with Crippen molar-refractivity contribution < 1.29 is 19.8 Å². The van der Waals surface area contributed by atoms with E-state index in [9.17, 15) is 9.59 Å². The van der Waals surface area contributed by atoms with Crippen molar-refractivity contribution >= 4 is 45.9 Å². The van der Waals surface area contributed by atoms with E-state index in [2.05, 4.69) is 10.6 Å². The van der Waals surface area contributed by atoms with Gasteiger partial charge in [-0.05, 0) is 25.9 Å². The minimum absolute atomic E-state index is 0. The van der Waals surface area contributed by atoms with E-state index >= 15 is 0 Å². The van der Waals surface area contributed by atoms with Gasteiger partial charge in [-0.1, -0.05) is 6.42 Å². The van der Waals surface area contributed by atoms with Crippen LogP contribution in [0.1, 0.15) is 19.3 Å². The highest BCUT2D eigenvalue weighted by Crippen LogP contribution is 1.91. The van der Waals surface area contributed by atoms with Crippen LogP contribution in [0.25, 0.3) is 0 Å². The van der Waals surface area contributed by atoms with Crippen LogP contribution in [0.3, 0.4) is 0 Å². The number of carboxylic acid groups (broad SMARTS) is 2. The molecule has 4 N–H and O–H groups in total. The highest BCUT2D eigenvalue weighted by atomic mass is 79.9. The largest absolute Gasteiger partial charge is 0.480 e. The lowest BCUT2D eigenvalue weighted by Crippen LogP contribution is -2.24. The van der Waals surface area contributed by atoms with E-state index in [-0.39, 0.29) is 47.1 Å². The van der Waals surface area contributed by atoms with Crippen LogP contribution in [0.2, 0.25) is 0 Å². The number of unbranched alkanes of at least 4 members (excludes halogenated alkanes) is 2. The monoisotopic (exact) mass is 378 g/mol. The second kappa shape index (κ2) is 15.8. The Bertz CT molecular complexity index is 185. The van der Waals surface area contributed by atoms with E-state index < -0.39 is 11.9 Å². The van der Waals surface area contributed by atoms with E-state index in [4.69, 9.17) is 10.2 Å². The summed E-state index contributed by atoms with van der Waals surface area (Å²) in [6, 6.07) is 0. The number of hydrogen-bond acceptors (Lipinski definition) is 4. The maximum absolute atomic E-state index is 10.1. The Labute approximate surface area is 122 Å². The number of aliphatic carboxylic acids is 2. The summed E-state index contributed by atoms with van der Waals surface area (Å²) in [4.78, 5) is 20.2. The first kappa shape index (κ1) is 22.0. The Hall–Kier alpha value is -0.180. The first-order valence-electron chi connectivity index (χ1n) is 4.98. The molecule has 0 fully saturated rings. The Kier molecular flexibility index (Phi) is 20.5. The Morgan fingerprint density at radius 2 is 1.12 bits per heavy atom. The van der Waals surface area contributed by atoms with Crippen LogP contribution in [0.15, 0.2) is 0 Å². The summed E-state index contributed by atoms with van der Waals surface area (Å²) in [5.41, 5.74) is 0. The predicted octanol–water partition coefficient (Wildman–Crippen LogP) is 0.661. The molecule has 104 valence electrons. The smallest absolute Gasteiger partial charge is 0.317 e. The quantitative estimate of drug-likeness (QED) is 0.416. The molecule has 6 nitrogen and oxygen atoms in total. The van der Waals surface area contributed by atoms with E-state index in [1.807, 2.05) is 0 Å². The van der Waals surface area contributed by atoms with Crippen molar-refractivity contribution in [1.82, 2.24) is 10.6 Å². The first-order chi connectivity index (χ1) is 7.13. The molecule has 0 heterocycles. The van der Waals surface area contributed by atoms with Gasteiger partial charge in [-0.2, -0.15) is 0 Å². The molecular formula is C9H20Br2N2O4. The van der Waals surface area contributed by atoms with Crippen molar-refractivity contribution in [2.75, 3.05) is 26.2 Å². The minimum atomic E-state index is -0.849. The van der Waals surface area contributed by atoms with Gasteiger partial charge in [0.15, 0.2) is 0 Å². The van der Waals surface area contributed by atoms with Gasteiger partial charge >= 0.3 is 11.9 Å². The number of hydrogen-bond donors (Lipinski definition) is 4. The van der Waals surface area contributed by atoms with E-state index in [0.717, 1.165) is 19.3 Å². The molecule has 0 amide bonds. The molecule has 0 radical (unpaired) electrons. The summed E-state index contributed by atoms with van der Waals surface area (Å²) in [7, 11) is 0. The molecule has 0 atom stereocenters. The fourth-order valence-electron chi connectivity index (χ4n) is 1.07. The van der Waals surface area contributed by atoms with Crippen LogP contribution < -0.4 is 10.6 Å². The molecule has 0 bridgehead atoms. The molecule has 0 aromatic rings. The summed E-state index contributed by atoms with van der Waals surface area (Å²) >= 11 is 0. The third-order valence-electron chi connectivity index (χ3n) is 1.76. The summed E-state index contributed by atoms with van der Waals surface area (Å²) < 4.78 is 0. The lowest BCUT2D eigenvalue weighted by molar-refractivity contribution is -0.136. The van der Waals surface area contributed by atoms with Crippen LogP contribution in [0.5, 0.6) is 0 Å². The summed E-state index contributed by atoms with van der Waals surface area (Å²) in [6.07, 6.45) is 2.77. The van der Waals surface area contributed by atoms with Crippen LogP contribution >= 0.6 is 34.0 Å². The Morgan fingerprint density at radius 3 is 1.41 bits per heavy atom. The second-order valence-corrected chi connectivity index (χ2v) is 3.20. The molecule has 0 spiro atoms. The van der Waals surface area contributed by atoms with Gasteiger partial charge in [-0.3, -0.25) is 9.59 Å². The van der Waals surface area contributed by atoms with Gasteiger partial charge < -0.3 is 20.8 Å². The maximum Gasteiger partial charge on any atom is 0.317 e. The summed E-state index contributed by atoms with van der Waals surface area (Å²) in [6.45, 7) is 1.37. The second-order valence-electron chi connectivity index (χ2n) is 3.20. The van der Waals surface area contributed by atoms with Crippen molar-refractivity contribution in [3.8, 4) is 0 Å². The zero-order chi connectivity index (χ0) is 11.5. The fraction of sp³-hybridized carbons (Fsp3) is 0.778. The third-order valence-corrected chi connectivity index (χ3v) is 1.76. The normalized spacial score (nSPS) is 8.94. The molecule has 0 unspecified atom stereocenters. The molecule has 0 aliphatic rings. The highest BCUT2D eigenvalue weighted by Gasteiger charge is 1.96. The molecule has 0 rings (SSSR count). The Balaban J connectivity index is -0.000000980. The van der Waals surface area contributed by atoms with E-state index in [0.29, 0.717) is 13.1 Å². The molecular weight excluding hydrogens is 360 g/mol. The number of carbonyl (C=O) groups is 2. The average molecular weight is 380 g/mol. The van der Waals surface area contributed by atoms with Gasteiger partial charge in [0.1, 0.15) is 0 Å². The molecule has 0 aliphatic carbocycles. The zero-order valence-corrected chi connectivity index (χ0v) is 12.9. The van der Waals surface area contributed by atoms with Crippen LogP contribution in [0.4, 0.5) is 0 Å². The topological polar surface area (TPSA) is 98.7 Å². The number of nitrogens with one attached hydrogen (secondary N) is 2. The molecule has 0 saturated carbocycles. The van der Waals surface area contributed by atoms with Gasteiger partial charge in [0.2, 0.25) is 0 Å². The van der Waals surface area contributed by atoms with Crippen molar-refractivity contribution in [3.63, 3.8) is 0 Å². The standard InChI is InChI=1S/C9H18N2O4.2BrH/c12-8(13)6-10-4-2-1-3-5-11-7-9(14)15;;/h10-11H,1-7H2,(H,12,13)(H,14,15);2*1H. The SMILES string of the molecule is Br.Br.O=C(O)CNCCCCCNCC(=O)O. The van der Waals surface area contributed by atoms with Gasteiger partial charge in [0.05, 0.1) is 13.1 Å². The fourth-order valence-corrected chi connectivity index (χ4v) is 1.07. The van der Waals surface area contributed by atoms with Gasteiger partial charge in [0, 0.05) is 0 Å². The lowest BCUT2D eigenvalue weighted by atomic mass is 10.2. The molecule has 0 aliphatic heterocycles. The lowest BCUT2D eigenvalue weighted by Gasteiger charge is -2.02. The van der Waals surface area contributed by atoms with Crippen LogP contribution in [-0.2, 0) is 9.59 Å². The first-order valence-corrected chi connectivity index (χ1v) is 4.98. The molecule has 17 heavy (non-hydrogen) atoms. The Morgan fingerprint density at radius 1 is 0.765 bits per heavy atom. The zero-order valence-electron chi connectivity index (χ0n) is 9.48. The van der Waals surface area contributed by atoms with Crippen LogP contribution in [-0.4, -0.2) is 48.3 Å². The predicted molar refractivity (Wildman–Crippen MR) is 75.5 cm³/mol. The van der Waals surface area contributed by atoms with Crippen molar-refractivity contribution in [1.29, 1.82) is 0 Å². The minimum Gasteiger partial charge on any atom is -0.480 e. The molecule has 0 aromatic carbocycles. The van der Waals surface area contributed by atoms with Crippen molar-refractivity contribution in [2.24, 2.45) is 0 Å². The average Bonchev–Trinajstić information content (AvgIpc) is 2.14. The molecule has 0 aromatic heterocycles. The maximum atomic E-state index is 10.1. The molecule has 8 heteroatoms. The molecule has 0 saturated heterocycles. The van der Waals surface area contributed by atoms with Crippen molar-refractivity contribution in [3.05, 3.63) is 0 Å². The number of halogens is 2. The van der Waals surface area contributed by atoms with Gasteiger partial charge in [-0.25, -0.2) is 0 Å². The van der Waals surface area contributed by atoms with Gasteiger partial charge in [-0.15, -0.1) is 34.0 Å². The number of carboxylic acids is 2. The summed E-state index contributed by atoms with van der Waals surface area (Å²) in [5, 5.41) is 22.2. The third kappa shape index (κ3) is 21.6. The number of rotatable bonds is 10. The van der Waals surface area contributed by atoms with Gasteiger partial charge in [0.25, 0.3) is 0 Å². The highest BCUT2D eigenvalue weighted by molar-refractivity contribution is 8.93. The summed E-state index contributed by atoms with van der Waals surface area (Å²) in [5.74, 6) is -1.70. The van der Waals surface area contributed by atoms with E-state index in [1.54, 1.807) is 0 Å². The van der Waals surface area contributed by atoms with Crippen molar-refractivity contribution in [2.45, 2.75) is 19.3 Å². The van der Waals surface area contributed by atoms with E-state index in [1.165, 1.54) is 0 Å². The van der Waals surface area contributed by atoms with Crippen LogP contribution in [0, 0.1) is 0 Å².